The molecule has 0 fully saturated rings. The molecule has 10 heteroatoms. The van der Waals surface area contributed by atoms with Crippen LogP contribution in [0.15, 0.2) is 65.7 Å². The highest BCUT2D eigenvalue weighted by Crippen LogP contribution is 2.29. The molecule has 7 nitrogen and oxygen atoms in total. The van der Waals surface area contributed by atoms with E-state index in [-0.39, 0.29) is 16.4 Å². The Kier molecular flexibility index (Phi) is 5.55. The Hall–Kier alpha value is -3.40. The standard InChI is InChI=1S/C19H15F2N3O4S/c1-29(27,28)15-4-2-3-12(9-15)19(13-5-7-16(20)17(21)10-13)23-18-8-6-14(11-22-18)24(25)26/h2-11,19H,1H3,(H,22,23). The lowest BCUT2D eigenvalue weighted by Crippen LogP contribution is -2.14. The van der Waals surface area contributed by atoms with E-state index in [1.807, 2.05) is 0 Å². The van der Waals surface area contributed by atoms with E-state index >= 15 is 0 Å². The van der Waals surface area contributed by atoms with Gasteiger partial charge in [-0.1, -0.05) is 18.2 Å². The summed E-state index contributed by atoms with van der Waals surface area (Å²) in [5, 5.41) is 13.8. The fourth-order valence-electron chi connectivity index (χ4n) is 2.70. The second-order valence-electron chi connectivity index (χ2n) is 6.25. The Morgan fingerprint density at radius 1 is 1.03 bits per heavy atom. The van der Waals surface area contributed by atoms with E-state index in [0.29, 0.717) is 11.1 Å². The number of hydrogen-bond acceptors (Lipinski definition) is 6. The molecule has 0 aliphatic heterocycles. The monoisotopic (exact) mass is 419 g/mol. The normalized spacial score (nSPS) is 12.4. The average Bonchev–Trinajstić information content (AvgIpc) is 2.68. The summed E-state index contributed by atoms with van der Waals surface area (Å²) >= 11 is 0. The first-order valence-corrected chi connectivity index (χ1v) is 10.2. The summed E-state index contributed by atoms with van der Waals surface area (Å²) in [5.74, 6) is -1.86. The lowest BCUT2D eigenvalue weighted by Gasteiger charge is -2.21. The maximum Gasteiger partial charge on any atom is 0.287 e. The molecule has 3 aromatic rings. The van der Waals surface area contributed by atoms with Gasteiger partial charge < -0.3 is 5.32 Å². The maximum atomic E-state index is 13.8. The quantitative estimate of drug-likeness (QED) is 0.481. The van der Waals surface area contributed by atoms with Crippen molar-refractivity contribution in [3.63, 3.8) is 0 Å². The fraction of sp³-hybridized carbons (Fsp3) is 0.105. The van der Waals surface area contributed by atoms with Crippen molar-refractivity contribution in [2.45, 2.75) is 10.9 Å². The Morgan fingerprint density at radius 2 is 1.76 bits per heavy atom. The van der Waals surface area contributed by atoms with Gasteiger partial charge >= 0.3 is 0 Å². The van der Waals surface area contributed by atoms with E-state index in [1.165, 1.54) is 36.4 Å². The van der Waals surface area contributed by atoms with Crippen molar-refractivity contribution in [2.24, 2.45) is 0 Å². The number of hydrogen-bond donors (Lipinski definition) is 1. The first-order chi connectivity index (χ1) is 13.6. The zero-order valence-corrected chi connectivity index (χ0v) is 15.9. The van der Waals surface area contributed by atoms with Crippen molar-refractivity contribution in [3.8, 4) is 0 Å². The topological polar surface area (TPSA) is 102 Å². The molecule has 3 rings (SSSR count). The number of benzene rings is 2. The van der Waals surface area contributed by atoms with E-state index in [1.54, 1.807) is 6.07 Å². The Morgan fingerprint density at radius 3 is 2.34 bits per heavy atom. The Bertz CT molecular complexity index is 1170. The van der Waals surface area contributed by atoms with Crippen LogP contribution in [0.3, 0.4) is 0 Å². The number of nitro groups is 1. The zero-order valence-electron chi connectivity index (χ0n) is 15.0. The summed E-state index contributed by atoms with van der Waals surface area (Å²) in [6.07, 6.45) is 2.11. The molecule has 1 heterocycles. The van der Waals surface area contributed by atoms with Gasteiger partial charge in [-0.05, 0) is 41.5 Å². The molecule has 0 bridgehead atoms. The fourth-order valence-corrected chi connectivity index (χ4v) is 3.38. The molecule has 0 saturated carbocycles. The second-order valence-corrected chi connectivity index (χ2v) is 8.27. The molecule has 0 aliphatic rings. The van der Waals surface area contributed by atoms with Crippen molar-refractivity contribution < 1.29 is 22.1 Å². The minimum Gasteiger partial charge on any atom is -0.359 e. The SMILES string of the molecule is CS(=O)(=O)c1cccc(C(Nc2ccc([N+](=O)[O-])cn2)c2ccc(F)c(F)c2)c1. The van der Waals surface area contributed by atoms with Crippen LogP contribution in [0.25, 0.3) is 0 Å². The summed E-state index contributed by atoms with van der Waals surface area (Å²) in [7, 11) is -3.50. The first-order valence-electron chi connectivity index (χ1n) is 8.27. The van der Waals surface area contributed by atoms with Gasteiger partial charge in [0.05, 0.1) is 15.9 Å². The van der Waals surface area contributed by atoms with Crippen molar-refractivity contribution in [3.05, 3.63) is 93.7 Å². The second kappa shape index (κ2) is 7.92. The minimum atomic E-state index is -3.50. The molecular formula is C19H15F2N3O4S. The van der Waals surface area contributed by atoms with Crippen LogP contribution in [0.4, 0.5) is 20.3 Å². The number of anilines is 1. The number of sulfone groups is 1. The molecule has 1 unspecified atom stereocenters. The molecule has 0 spiro atoms. The van der Waals surface area contributed by atoms with Crippen LogP contribution in [0.2, 0.25) is 0 Å². The van der Waals surface area contributed by atoms with E-state index in [0.717, 1.165) is 24.6 Å². The molecule has 0 saturated heterocycles. The minimum absolute atomic E-state index is 0.0565. The Labute approximate surface area is 165 Å². The van der Waals surface area contributed by atoms with E-state index in [2.05, 4.69) is 10.3 Å². The molecule has 1 N–H and O–H groups in total. The molecular weight excluding hydrogens is 404 g/mol. The van der Waals surface area contributed by atoms with Gasteiger partial charge in [0, 0.05) is 12.3 Å². The predicted molar refractivity (Wildman–Crippen MR) is 102 cm³/mol. The van der Waals surface area contributed by atoms with Gasteiger partial charge in [-0.2, -0.15) is 0 Å². The van der Waals surface area contributed by atoms with Crippen molar-refractivity contribution >= 4 is 21.3 Å². The molecule has 0 aliphatic carbocycles. The summed E-state index contributed by atoms with van der Waals surface area (Å²) in [4.78, 5) is 14.2. The number of rotatable bonds is 6. The third kappa shape index (κ3) is 4.72. The van der Waals surface area contributed by atoms with Gasteiger partial charge in [0.2, 0.25) is 0 Å². The molecule has 1 atom stereocenters. The van der Waals surface area contributed by atoms with Crippen LogP contribution >= 0.6 is 0 Å². The highest BCUT2D eigenvalue weighted by Gasteiger charge is 2.19. The van der Waals surface area contributed by atoms with Crippen molar-refractivity contribution in [2.75, 3.05) is 11.6 Å². The number of nitrogens with zero attached hydrogens (tertiary/aromatic N) is 2. The van der Waals surface area contributed by atoms with Gasteiger partial charge in [0.1, 0.15) is 12.0 Å². The molecule has 29 heavy (non-hydrogen) atoms. The van der Waals surface area contributed by atoms with Crippen LogP contribution in [0, 0.1) is 21.7 Å². The van der Waals surface area contributed by atoms with E-state index in [9.17, 15) is 27.3 Å². The van der Waals surface area contributed by atoms with Gasteiger partial charge in [-0.25, -0.2) is 22.2 Å². The van der Waals surface area contributed by atoms with Crippen LogP contribution in [-0.2, 0) is 9.84 Å². The molecule has 1 aromatic heterocycles. The highest BCUT2D eigenvalue weighted by molar-refractivity contribution is 7.90. The van der Waals surface area contributed by atoms with E-state index < -0.39 is 32.4 Å². The third-order valence-electron chi connectivity index (χ3n) is 4.15. The third-order valence-corrected chi connectivity index (χ3v) is 5.26. The van der Waals surface area contributed by atoms with Crippen LogP contribution in [0.5, 0.6) is 0 Å². The first kappa shape index (κ1) is 20.3. The predicted octanol–water partition coefficient (Wildman–Crippen LogP) is 3.87. The molecule has 0 radical (unpaired) electrons. The summed E-state index contributed by atoms with van der Waals surface area (Å²) in [6, 6.07) is 11.1. The molecule has 150 valence electrons. The van der Waals surface area contributed by atoms with Gasteiger partial charge in [0.15, 0.2) is 21.5 Å². The number of halogens is 2. The lowest BCUT2D eigenvalue weighted by atomic mass is 9.98. The number of pyridine rings is 1. The van der Waals surface area contributed by atoms with Crippen LogP contribution in [0.1, 0.15) is 17.2 Å². The zero-order chi connectivity index (χ0) is 21.2. The molecule has 2 aromatic carbocycles. The largest absolute Gasteiger partial charge is 0.359 e. The molecule has 0 amide bonds. The van der Waals surface area contributed by atoms with Crippen molar-refractivity contribution in [1.82, 2.24) is 4.98 Å². The lowest BCUT2D eigenvalue weighted by molar-refractivity contribution is -0.385. The summed E-state index contributed by atoms with van der Waals surface area (Å²) in [6.45, 7) is 0. The smallest absolute Gasteiger partial charge is 0.287 e. The average molecular weight is 419 g/mol. The van der Waals surface area contributed by atoms with Crippen molar-refractivity contribution in [1.29, 1.82) is 0 Å². The van der Waals surface area contributed by atoms with Crippen LogP contribution in [-0.4, -0.2) is 24.6 Å². The van der Waals surface area contributed by atoms with Gasteiger partial charge in [-0.3, -0.25) is 10.1 Å². The Balaban J connectivity index is 2.06. The van der Waals surface area contributed by atoms with Gasteiger partial charge in [0.25, 0.3) is 5.69 Å². The number of nitrogens with one attached hydrogen (secondary N) is 1. The maximum absolute atomic E-state index is 13.8. The highest BCUT2D eigenvalue weighted by atomic mass is 32.2. The van der Waals surface area contributed by atoms with Gasteiger partial charge in [-0.15, -0.1) is 0 Å². The summed E-state index contributed by atoms with van der Waals surface area (Å²) < 4.78 is 51.0. The van der Waals surface area contributed by atoms with E-state index in [4.69, 9.17) is 0 Å². The number of aromatic nitrogens is 1. The summed E-state index contributed by atoms with van der Waals surface area (Å²) in [5.41, 5.74) is 0.563. The van der Waals surface area contributed by atoms with Crippen LogP contribution < -0.4 is 5.32 Å².